The van der Waals surface area contributed by atoms with Gasteiger partial charge in [-0.2, -0.15) is 0 Å². The van der Waals surface area contributed by atoms with Crippen LogP contribution in [0.5, 0.6) is 0 Å². The van der Waals surface area contributed by atoms with Gasteiger partial charge in [-0.05, 0) is 18.6 Å². The smallest absolute Gasteiger partial charge is 0.212 e. The largest absolute Gasteiger partial charge is 0.213 e. The normalized spacial score (nSPS) is 13.7. The third kappa shape index (κ3) is 3.94. The van der Waals surface area contributed by atoms with Gasteiger partial charge in [-0.25, -0.2) is 13.1 Å². The lowest BCUT2D eigenvalue weighted by molar-refractivity contribution is 0.568. The zero-order valence-electron chi connectivity index (χ0n) is 8.78. The zero-order valence-corrected chi connectivity index (χ0v) is 11.1. The maximum atomic E-state index is 11.5. The fraction of sp³-hybridized carbons (Fsp3) is 0.400. The Labute approximate surface area is 106 Å². The summed E-state index contributed by atoms with van der Waals surface area (Å²) in [4.78, 5) is 0. The molecule has 1 rings (SSSR count). The molecule has 0 saturated carbocycles. The van der Waals surface area contributed by atoms with Gasteiger partial charge >= 0.3 is 0 Å². The lowest BCUT2D eigenvalue weighted by Gasteiger charge is -2.15. The van der Waals surface area contributed by atoms with Gasteiger partial charge in [0.2, 0.25) is 10.0 Å². The van der Waals surface area contributed by atoms with Crippen LogP contribution in [0.4, 0.5) is 0 Å². The van der Waals surface area contributed by atoms with Crippen LogP contribution in [0, 0.1) is 0 Å². The average molecular weight is 282 g/mol. The molecule has 0 aliphatic rings. The molecule has 90 valence electrons. The maximum Gasteiger partial charge on any atom is 0.213 e. The average Bonchev–Trinajstić information content (AvgIpc) is 2.17. The number of nitrogens with one attached hydrogen (secondary N) is 1. The van der Waals surface area contributed by atoms with Crippen LogP contribution in [0.3, 0.4) is 0 Å². The molecule has 1 atom stereocenters. The molecule has 6 heteroatoms. The van der Waals surface area contributed by atoms with E-state index in [1.165, 1.54) is 0 Å². The third-order valence-corrected chi connectivity index (χ3v) is 4.29. The highest BCUT2D eigenvalue weighted by Crippen LogP contribution is 2.22. The number of halogens is 2. The van der Waals surface area contributed by atoms with Crippen molar-refractivity contribution in [2.45, 2.75) is 13.0 Å². The van der Waals surface area contributed by atoms with Gasteiger partial charge in [0, 0.05) is 16.9 Å². The van der Waals surface area contributed by atoms with E-state index in [0.717, 1.165) is 5.56 Å². The Morgan fingerprint density at radius 1 is 1.38 bits per heavy atom. The van der Waals surface area contributed by atoms with Gasteiger partial charge in [0.1, 0.15) is 0 Å². The first-order valence-electron chi connectivity index (χ1n) is 4.76. The highest BCUT2D eigenvalue weighted by atomic mass is 35.5. The third-order valence-electron chi connectivity index (χ3n) is 2.07. The number of sulfonamides is 1. The van der Waals surface area contributed by atoms with Crippen LogP contribution in [-0.2, 0) is 10.0 Å². The van der Waals surface area contributed by atoms with E-state index in [0.29, 0.717) is 5.02 Å². The van der Waals surface area contributed by atoms with Crippen molar-refractivity contribution in [2.75, 3.05) is 11.6 Å². The molecule has 0 radical (unpaired) electrons. The van der Waals surface area contributed by atoms with Crippen LogP contribution >= 0.6 is 23.2 Å². The first-order valence-corrected chi connectivity index (χ1v) is 7.33. The van der Waals surface area contributed by atoms with E-state index in [4.69, 9.17) is 23.2 Å². The Bertz CT molecular complexity index is 448. The standard InChI is InChI=1S/C10H13Cl2NO2S/c1-8(13-16(14,15)7-6-11)9-4-2-3-5-10(9)12/h2-5,8,13H,6-7H2,1H3/t8-/m1/s1. The molecule has 3 nitrogen and oxygen atoms in total. The first kappa shape index (κ1) is 13.8. The molecule has 0 amide bonds. The summed E-state index contributed by atoms with van der Waals surface area (Å²) in [5.41, 5.74) is 0.752. The summed E-state index contributed by atoms with van der Waals surface area (Å²) in [5, 5.41) is 0.545. The summed E-state index contributed by atoms with van der Waals surface area (Å²) in [6.07, 6.45) is 0. The molecule has 0 fully saturated rings. The van der Waals surface area contributed by atoms with Crippen LogP contribution in [0.1, 0.15) is 18.5 Å². The first-order chi connectivity index (χ1) is 7.46. The van der Waals surface area contributed by atoms with Crippen molar-refractivity contribution in [3.8, 4) is 0 Å². The predicted octanol–water partition coefficient (Wildman–Crippen LogP) is 2.56. The Balaban J connectivity index is 2.81. The minimum absolute atomic E-state index is 0.0740. The molecule has 0 aliphatic carbocycles. The molecule has 0 aliphatic heterocycles. The molecule has 16 heavy (non-hydrogen) atoms. The Kier molecular flexibility index (Phi) is 5.05. The van der Waals surface area contributed by atoms with E-state index >= 15 is 0 Å². The molecule has 0 unspecified atom stereocenters. The zero-order chi connectivity index (χ0) is 12.2. The van der Waals surface area contributed by atoms with Crippen molar-refractivity contribution < 1.29 is 8.42 Å². The quantitative estimate of drug-likeness (QED) is 0.844. The summed E-state index contributed by atoms with van der Waals surface area (Å²) < 4.78 is 25.5. The summed E-state index contributed by atoms with van der Waals surface area (Å²) in [6.45, 7) is 1.74. The molecule has 0 aromatic heterocycles. The van der Waals surface area contributed by atoms with Crippen LogP contribution in [-0.4, -0.2) is 20.1 Å². The van der Waals surface area contributed by atoms with Crippen molar-refractivity contribution in [3.05, 3.63) is 34.9 Å². The van der Waals surface area contributed by atoms with Crippen molar-refractivity contribution in [3.63, 3.8) is 0 Å². The predicted molar refractivity (Wildman–Crippen MR) is 67.5 cm³/mol. The van der Waals surface area contributed by atoms with E-state index < -0.39 is 10.0 Å². The molecule has 1 aromatic rings. The second-order valence-corrected chi connectivity index (χ2v) is 6.03. The number of alkyl halides is 1. The van der Waals surface area contributed by atoms with Crippen LogP contribution in [0.25, 0.3) is 0 Å². The van der Waals surface area contributed by atoms with Gasteiger partial charge in [0.25, 0.3) is 0 Å². The van der Waals surface area contributed by atoms with Crippen molar-refractivity contribution in [1.82, 2.24) is 4.72 Å². The number of rotatable bonds is 5. The lowest BCUT2D eigenvalue weighted by atomic mass is 10.1. The molecule has 1 N–H and O–H groups in total. The topological polar surface area (TPSA) is 46.2 Å². The van der Waals surface area contributed by atoms with Crippen molar-refractivity contribution in [2.24, 2.45) is 0 Å². The summed E-state index contributed by atoms with van der Waals surface area (Å²) in [5.74, 6) is -0.0199. The van der Waals surface area contributed by atoms with Crippen LogP contribution < -0.4 is 4.72 Å². The van der Waals surface area contributed by atoms with Gasteiger partial charge in [-0.3, -0.25) is 0 Å². The number of hydrogen-bond donors (Lipinski definition) is 1. The fourth-order valence-corrected chi connectivity index (χ4v) is 3.22. The Morgan fingerprint density at radius 2 is 2.00 bits per heavy atom. The molecule has 0 spiro atoms. The number of hydrogen-bond acceptors (Lipinski definition) is 2. The molecule has 1 aromatic carbocycles. The van der Waals surface area contributed by atoms with Crippen molar-refractivity contribution in [1.29, 1.82) is 0 Å². The molecular weight excluding hydrogens is 269 g/mol. The summed E-state index contributed by atoms with van der Waals surface area (Å²) >= 11 is 11.4. The van der Waals surface area contributed by atoms with E-state index in [1.807, 2.05) is 6.07 Å². The highest BCUT2D eigenvalue weighted by Gasteiger charge is 2.16. The van der Waals surface area contributed by atoms with Gasteiger partial charge in [-0.15, -0.1) is 11.6 Å². The molecule has 0 heterocycles. The van der Waals surface area contributed by atoms with E-state index in [-0.39, 0.29) is 17.7 Å². The highest BCUT2D eigenvalue weighted by molar-refractivity contribution is 7.89. The Morgan fingerprint density at radius 3 is 2.56 bits per heavy atom. The summed E-state index contributed by atoms with van der Waals surface area (Å²) in [6, 6.07) is 6.76. The fourth-order valence-electron chi connectivity index (χ4n) is 1.32. The second kappa shape index (κ2) is 5.87. The maximum absolute atomic E-state index is 11.5. The van der Waals surface area contributed by atoms with E-state index in [1.54, 1.807) is 25.1 Å². The Hall–Kier alpha value is -0.290. The van der Waals surface area contributed by atoms with Gasteiger partial charge in [0.15, 0.2) is 0 Å². The van der Waals surface area contributed by atoms with Gasteiger partial charge < -0.3 is 0 Å². The van der Waals surface area contributed by atoms with Crippen LogP contribution in [0.15, 0.2) is 24.3 Å². The molecule has 0 bridgehead atoms. The minimum atomic E-state index is -3.34. The molecule has 0 saturated heterocycles. The molecular formula is C10H13Cl2NO2S. The summed E-state index contributed by atoms with van der Waals surface area (Å²) in [7, 11) is -3.34. The minimum Gasteiger partial charge on any atom is -0.212 e. The lowest BCUT2D eigenvalue weighted by Crippen LogP contribution is -2.29. The van der Waals surface area contributed by atoms with Crippen molar-refractivity contribution >= 4 is 33.2 Å². The van der Waals surface area contributed by atoms with Crippen LogP contribution in [0.2, 0.25) is 5.02 Å². The second-order valence-electron chi connectivity index (χ2n) is 3.37. The van der Waals surface area contributed by atoms with Gasteiger partial charge in [-0.1, -0.05) is 29.8 Å². The van der Waals surface area contributed by atoms with Gasteiger partial charge in [0.05, 0.1) is 5.75 Å². The number of benzene rings is 1. The van der Waals surface area contributed by atoms with E-state index in [2.05, 4.69) is 4.72 Å². The van der Waals surface area contributed by atoms with E-state index in [9.17, 15) is 8.42 Å². The SMILES string of the molecule is C[C@@H](NS(=O)(=O)CCCl)c1ccccc1Cl. The monoisotopic (exact) mass is 281 g/mol.